The molecule has 7 heteroatoms. The first kappa shape index (κ1) is 19.0. The highest BCUT2D eigenvalue weighted by Gasteiger charge is 2.23. The number of nitrogens with one attached hydrogen (secondary N) is 2. The monoisotopic (exact) mass is 452 g/mol. The molecule has 0 aromatic heterocycles. The summed E-state index contributed by atoms with van der Waals surface area (Å²) in [6, 6.07) is 17.2. The predicted molar refractivity (Wildman–Crippen MR) is 114 cm³/mol. The minimum Gasteiger partial charge on any atom is -0.493 e. The van der Waals surface area contributed by atoms with E-state index in [1.54, 1.807) is 25.3 Å². The third-order valence-electron chi connectivity index (χ3n) is 4.57. The van der Waals surface area contributed by atoms with Gasteiger partial charge in [0.2, 0.25) is 0 Å². The van der Waals surface area contributed by atoms with E-state index in [4.69, 9.17) is 9.47 Å². The molecule has 1 heterocycles. The van der Waals surface area contributed by atoms with E-state index in [0.717, 1.165) is 16.3 Å². The van der Waals surface area contributed by atoms with Crippen molar-refractivity contribution in [1.82, 2.24) is 10.6 Å². The number of methoxy groups -OCH3 is 1. The molecule has 0 aliphatic carbocycles. The van der Waals surface area contributed by atoms with Crippen molar-refractivity contribution >= 4 is 44.7 Å². The molecule has 0 radical (unpaired) electrons. The SMILES string of the molecule is COc1cc(/C=C2/NC(=O)NC2=O)c(Br)cc1OCc1cccc2ccccc12. The minimum atomic E-state index is -0.542. The van der Waals surface area contributed by atoms with Crippen LogP contribution in [0, 0.1) is 0 Å². The number of benzene rings is 3. The molecule has 0 bridgehead atoms. The van der Waals surface area contributed by atoms with Gasteiger partial charge in [0.25, 0.3) is 5.91 Å². The van der Waals surface area contributed by atoms with Crippen LogP contribution in [0.4, 0.5) is 4.79 Å². The molecule has 0 spiro atoms. The molecule has 3 aromatic carbocycles. The van der Waals surface area contributed by atoms with Gasteiger partial charge in [-0.3, -0.25) is 10.1 Å². The van der Waals surface area contributed by atoms with Crippen molar-refractivity contribution in [2.75, 3.05) is 7.11 Å². The molecule has 1 fully saturated rings. The van der Waals surface area contributed by atoms with Crippen LogP contribution in [0.3, 0.4) is 0 Å². The van der Waals surface area contributed by atoms with Crippen molar-refractivity contribution in [2.24, 2.45) is 0 Å². The third kappa shape index (κ3) is 3.95. The van der Waals surface area contributed by atoms with Crippen LogP contribution in [0.2, 0.25) is 0 Å². The first-order valence-corrected chi connectivity index (χ1v) is 9.65. The topological polar surface area (TPSA) is 76.7 Å². The smallest absolute Gasteiger partial charge is 0.326 e. The lowest BCUT2D eigenvalue weighted by atomic mass is 10.1. The average molecular weight is 453 g/mol. The fraction of sp³-hybridized carbons (Fsp3) is 0.0909. The zero-order valence-electron chi connectivity index (χ0n) is 15.5. The highest BCUT2D eigenvalue weighted by Crippen LogP contribution is 2.35. The molecule has 1 aliphatic rings. The minimum absolute atomic E-state index is 0.169. The van der Waals surface area contributed by atoms with E-state index in [1.165, 1.54) is 0 Å². The maximum atomic E-state index is 11.8. The highest BCUT2D eigenvalue weighted by atomic mass is 79.9. The van der Waals surface area contributed by atoms with Gasteiger partial charge in [-0.15, -0.1) is 0 Å². The second-order valence-corrected chi connectivity index (χ2v) is 7.27. The van der Waals surface area contributed by atoms with E-state index in [9.17, 15) is 9.59 Å². The molecule has 4 rings (SSSR count). The van der Waals surface area contributed by atoms with Crippen LogP contribution in [-0.2, 0) is 11.4 Å². The zero-order valence-corrected chi connectivity index (χ0v) is 17.1. The summed E-state index contributed by atoms with van der Waals surface area (Å²) in [5, 5.41) is 6.92. The molecule has 1 saturated heterocycles. The van der Waals surface area contributed by atoms with E-state index in [0.29, 0.717) is 28.1 Å². The van der Waals surface area contributed by atoms with E-state index in [2.05, 4.69) is 44.8 Å². The fourth-order valence-electron chi connectivity index (χ4n) is 3.15. The Bertz CT molecular complexity index is 1150. The Labute approximate surface area is 175 Å². The van der Waals surface area contributed by atoms with Gasteiger partial charge in [0.15, 0.2) is 11.5 Å². The van der Waals surface area contributed by atoms with Gasteiger partial charge in [0, 0.05) is 4.47 Å². The Balaban J connectivity index is 1.61. The third-order valence-corrected chi connectivity index (χ3v) is 5.25. The highest BCUT2D eigenvalue weighted by molar-refractivity contribution is 9.10. The summed E-state index contributed by atoms with van der Waals surface area (Å²) in [6.07, 6.45) is 1.57. The maximum absolute atomic E-state index is 11.8. The van der Waals surface area contributed by atoms with Crippen LogP contribution in [0.15, 0.2) is 64.8 Å². The molecule has 0 saturated carbocycles. The summed E-state index contributed by atoms with van der Waals surface area (Å²) in [6.45, 7) is 0.378. The molecular weight excluding hydrogens is 436 g/mol. The van der Waals surface area contributed by atoms with Crippen LogP contribution in [0.5, 0.6) is 11.5 Å². The molecule has 3 amide bonds. The average Bonchev–Trinajstić information content (AvgIpc) is 3.04. The number of carbonyl (C=O) groups excluding carboxylic acids is 2. The van der Waals surface area contributed by atoms with Gasteiger partial charge < -0.3 is 14.8 Å². The molecule has 3 aromatic rings. The van der Waals surface area contributed by atoms with Gasteiger partial charge in [0.1, 0.15) is 12.3 Å². The molecular formula is C22H17BrN2O4. The van der Waals surface area contributed by atoms with Crippen molar-refractivity contribution in [3.05, 3.63) is 75.9 Å². The quantitative estimate of drug-likeness (QED) is 0.445. The van der Waals surface area contributed by atoms with E-state index in [1.807, 2.05) is 24.3 Å². The zero-order chi connectivity index (χ0) is 20.4. The van der Waals surface area contributed by atoms with Crippen LogP contribution in [0.25, 0.3) is 16.8 Å². The summed E-state index contributed by atoms with van der Waals surface area (Å²) < 4.78 is 12.2. The first-order valence-electron chi connectivity index (χ1n) is 8.86. The van der Waals surface area contributed by atoms with Gasteiger partial charge in [-0.2, -0.15) is 0 Å². The summed E-state index contributed by atoms with van der Waals surface area (Å²) in [7, 11) is 1.55. The lowest BCUT2D eigenvalue weighted by Crippen LogP contribution is -2.22. The van der Waals surface area contributed by atoms with Gasteiger partial charge in [-0.05, 0) is 40.1 Å². The fourth-order valence-corrected chi connectivity index (χ4v) is 3.58. The number of hydrogen-bond acceptors (Lipinski definition) is 4. The largest absolute Gasteiger partial charge is 0.493 e. The van der Waals surface area contributed by atoms with E-state index >= 15 is 0 Å². The van der Waals surface area contributed by atoms with Crippen LogP contribution < -0.4 is 20.1 Å². The number of rotatable bonds is 5. The van der Waals surface area contributed by atoms with Gasteiger partial charge in [-0.1, -0.05) is 58.4 Å². The lowest BCUT2D eigenvalue weighted by Gasteiger charge is -2.14. The summed E-state index contributed by atoms with van der Waals surface area (Å²) in [5.74, 6) is 0.608. The summed E-state index contributed by atoms with van der Waals surface area (Å²) in [4.78, 5) is 23.0. The Morgan fingerprint density at radius 3 is 2.55 bits per heavy atom. The second kappa shape index (κ2) is 7.97. The molecule has 0 atom stereocenters. The van der Waals surface area contributed by atoms with Gasteiger partial charge in [-0.25, -0.2) is 4.79 Å². The number of urea groups is 1. The van der Waals surface area contributed by atoms with Crippen molar-refractivity contribution in [1.29, 1.82) is 0 Å². The molecule has 6 nitrogen and oxygen atoms in total. The number of amides is 3. The molecule has 146 valence electrons. The normalized spacial score (nSPS) is 14.8. The predicted octanol–water partition coefficient (Wildman–Crippen LogP) is 4.37. The Morgan fingerprint density at radius 1 is 1.00 bits per heavy atom. The van der Waals surface area contributed by atoms with Crippen molar-refractivity contribution in [3.8, 4) is 11.5 Å². The van der Waals surface area contributed by atoms with E-state index in [-0.39, 0.29) is 5.70 Å². The standard InChI is InChI=1S/C22H17BrN2O4/c1-28-19-10-15(9-18-21(26)25-22(27)24-18)17(23)11-20(19)29-12-14-7-4-6-13-5-2-3-8-16(13)14/h2-11H,12H2,1H3,(H2,24,25,26,27)/b18-9+. The lowest BCUT2D eigenvalue weighted by molar-refractivity contribution is -0.115. The number of halogens is 1. The molecule has 2 N–H and O–H groups in total. The van der Waals surface area contributed by atoms with Crippen molar-refractivity contribution < 1.29 is 19.1 Å². The molecule has 1 aliphatic heterocycles. The maximum Gasteiger partial charge on any atom is 0.326 e. The molecule has 29 heavy (non-hydrogen) atoms. The van der Waals surface area contributed by atoms with Crippen LogP contribution >= 0.6 is 15.9 Å². The van der Waals surface area contributed by atoms with Crippen LogP contribution in [-0.4, -0.2) is 19.0 Å². The number of hydrogen-bond donors (Lipinski definition) is 2. The Kier molecular flexibility index (Phi) is 5.22. The Hall–Kier alpha value is -3.32. The van der Waals surface area contributed by atoms with Crippen molar-refractivity contribution in [3.63, 3.8) is 0 Å². The first-order chi connectivity index (χ1) is 14.0. The number of carbonyl (C=O) groups is 2. The molecule has 0 unspecified atom stereocenters. The second-order valence-electron chi connectivity index (χ2n) is 6.42. The Morgan fingerprint density at radius 2 is 1.79 bits per heavy atom. The van der Waals surface area contributed by atoms with Crippen LogP contribution in [0.1, 0.15) is 11.1 Å². The van der Waals surface area contributed by atoms with E-state index < -0.39 is 11.9 Å². The van der Waals surface area contributed by atoms with Gasteiger partial charge in [0.05, 0.1) is 7.11 Å². The van der Waals surface area contributed by atoms with Gasteiger partial charge >= 0.3 is 6.03 Å². The number of fused-ring (bicyclic) bond motifs is 1. The number of imide groups is 1. The number of ether oxygens (including phenoxy) is 2. The summed E-state index contributed by atoms with van der Waals surface area (Å²) in [5.41, 5.74) is 1.91. The van der Waals surface area contributed by atoms with Crippen molar-refractivity contribution in [2.45, 2.75) is 6.61 Å². The summed E-state index contributed by atoms with van der Waals surface area (Å²) >= 11 is 3.49.